The minimum atomic E-state index is 0.0950. The van der Waals surface area contributed by atoms with Crippen LogP contribution in [0.2, 0.25) is 10.6 Å². The first-order valence-corrected chi connectivity index (χ1v) is 7.54. The highest BCUT2D eigenvalue weighted by atomic mass is 35.5. The van der Waals surface area contributed by atoms with E-state index in [4.69, 9.17) is 32.7 Å². The third-order valence-corrected chi connectivity index (χ3v) is 3.64. The largest absolute Gasteiger partial charge is 0.454 e. The summed E-state index contributed by atoms with van der Waals surface area (Å²) >= 11 is 11.6. The predicted octanol–water partition coefficient (Wildman–Crippen LogP) is 2.98. The van der Waals surface area contributed by atoms with Crippen molar-refractivity contribution in [1.29, 1.82) is 0 Å². The van der Waals surface area contributed by atoms with Crippen LogP contribution in [0.5, 0.6) is 11.5 Å². The normalized spacial score (nSPS) is 12.5. The minimum Gasteiger partial charge on any atom is -0.454 e. The molecule has 22 heavy (non-hydrogen) atoms. The second kappa shape index (κ2) is 6.54. The van der Waals surface area contributed by atoms with E-state index in [1.807, 2.05) is 30.1 Å². The Morgan fingerprint density at radius 1 is 1.09 bits per heavy atom. The van der Waals surface area contributed by atoms with E-state index in [0.717, 1.165) is 30.9 Å². The lowest BCUT2D eigenvalue weighted by atomic mass is 10.1. The van der Waals surface area contributed by atoms with Gasteiger partial charge in [0, 0.05) is 13.6 Å². The second-order valence-electron chi connectivity index (χ2n) is 4.89. The zero-order valence-corrected chi connectivity index (χ0v) is 13.4. The van der Waals surface area contributed by atoms with E-state index < -0.39 is 0 Å². The summed E-state index contributed by atoms with van der Waals surface area (Å²) in [6.07, 6.45) is 1.84. The Morgan fingerprint density at radius 2 is 1.82 bits per heavy atom. The number of nitrogens with zero attached hydrogens (tertiary/aromatic N) is 4. The lowest BCUT2D eigenvalue weighted by Gasteiger charge is -2.16. The molecule has 2 heterocycles. The van der Waals surface area contributed by atoms with Gasteiger partial charge in [-0.15, -0.1) is 0 Å². The fraction of sp³-hybridized carbons (Fsp3) is 0.357. The Morgan fingerprint density at radius 3 is 2.59 bits per heavy atom. The van der Waals surface area contributed by atoms with Gasteiger partial charge in [-0.25, -0.2) is 0 Å². The maximum absolute atomic E-state index is 5.78. The first kappa shape index (κ1) is 15.1. The van der Waals surface area contributed by atoms with E-state index in [0.29, 0.717) is 12.7 Å². The second-order valence-corrected chi connectivity index (χ2v) is 5.56. The number of aryl methyl sites for hydroxylation is 1. The molecule has 0 aliphatic carbocycles. The molecule has 0 N–H and O–H groups in total. The van der Waals surface area contributed by atoms with Crippen LogP contribution in [0, 0.1) is 0 Å². The number of hydrogen-bond donors (Lipinski definition) is 0. The Bertz CT molecular complexity index is 664. The number of benzene rings is 1. The van der Waals surface area contributed by atoms with Crippen LogP contribution < -0.4 is 14.4 Å². The maximum atomic E-state index is 5.78. The molecule has 0 radical (unpaired) electrons. The van der Waals surface area contributed by atoms with Crippen LogP contribution in [0.4, 0.5) is 5.95 Å². The van der Waals surface area contributed by atoms with Crippen molar-refractivity contribution in [2.45, 2.75) is 12.8 Å². The maximum Gasteiger partial charge on any atom is 0.231 e. The molecule has 116 valence electrons. The summed E-state index contributed by atoms with van der Waals surface area (Å²) in [5.74, 6) is 2.08. The summed E-state index contributed by atoms with van der Waals surface area (Å²) in [4.78, 5) is 13.7. The van der Waals surface area contributed by atoms with Crippen molar-refractivity contribution in [2.75, 3.05) is 25.3 Å². The number of hydrogen-bond acceptors (Lipinski definition) is 6. The fourth-order valence-electron chi connectivity index (χ4n) is 2.20. The van der Waals surface area contributed by atoms with Gasteiger partial charge >= 0.3 is 0 Å². The van der Waals surface area contributed by atoms with Crippen molar-refractivity contribution in [3.8, 4) is 11.5 Å². The molecule has 0 saturated heterocycles. The molecule has 0 fully saturated rings. The van der Waals surface area contributed by atoms with Crippen molar-refractivity contribution < 1.29 is 9.47 Å². The van der Waals surface area contributed by atoms with E-state index in [9.17, 15) is 0 Å². The first-order valence-electron chi connectivity index (χ1n) is 6.78. The molecule has 3 rings (SSSR count). The Hall–Kier alpha value is -1.79. The first-order chi connectivity index (χ1) is 10.6. The summed E-state index contributed by atoms with van der Waals surface area (Å²) in [6, 6.07) is 6.00. The number of rotatable bonds is 5. The van der Waals surface area contributed by atoms with Gasteiger partial charge in [0.2, 0.25) is 23.3 Å². The number of aromatic nitrogens is 3. The number of halogens is 2. The summed E-state index contributed by atoms with van der Waals surface area (Å²) in [5, 5.41) is 0.190. The number of ether oxygens (including phenoxy) is 2. The van der Waals surface area contributed by atoms with E-state index >= 15 is 0 Å². The Labute approximate surface area is 138 Å². The third kappa shape index (κ3) is 3.51. The van der Waals surface area contributed by atoms with E-state index in [1.165, 1.54) is 5.56 Å². The van der Waals surface area contributed by atoms with Gasteiger partial charge in [-0.2, -0.15) is 15.0 Å². The Kier molecular flexibility index (Phi) is 4.49. The van der Waals surface area contributed by atoms with Gasteiger partial charge in [-0.05, 0) is 53.7 Å². The van der Waals surface area contributed by atoms with Gasteiger partial charge in [0.15, 0.2) is 11.5 Å². The summed E-state index contributed by atoms with van der Waals surface area (Å²) in [7, 11) is 1.89. The molecule has 1 aromatic carbocycles. The van der Waals surface area contributed by atoms with Crippen LogP contribution in [0.1, 0.15) is 12.0 Å². The van der Waals surface area contributed by atoms with Crippen LogP contribution in [0.15, 0.2) is 18.2 Å². The van der Waals surface area contributed by atoms with E-state index in [2.05, 4.69) is 15.0 Å². The molecule has 0 saturated carbocycles. The summed E-state index contributed by atoms with van der Waals surface area (Å²) < 4.78 is 10.7. The molecule has 1 aromatic heterocycles. The topological polar surface area (TPSA) is 60.4 Å². The molecule has 0 atom stereocenters. The van der Waals surface area contributed by atoms with E-state index in [-0.39, 0.29) is 10.6 Å². The zero-order valence-electron chi connectivity index (χ0n) is 11.9. The van der Waals surface area contributed by atoms with Crippen molar-refractivity contribution >= 4 is 29.2 Å². The molecule has 0 amide bonds. The molecule has 8 heteroatoms. The molecular formula is C14H14Cl2N4O2. The molecule has 0 bridgehead atoms. The lowest BCUT2D eigenvalue weighted by Crippen LogP contribution is -2.21. The highest BCUT2D eigenvalue weighted by Gasteiger charge is 2.13. The summed E-state index contributed by atoms with van der Waals surface area (Å²) in [6.45, 7) is 1.06. The highest BCUT2D eigenvalue weighted by molar-refractivity contribution is 6.31. The van der Waals surface area contributed by atoms with Crippen molar-refractivity contribution in [3.05, 3.63) is 34.3 Å². The third-order valence-electron chi connectivity index (χ3n) is 3.31. The van der Waals surface area contributed by atoms with E-state index in [1.54, 1.807) is 0 Å². The standard InChI is InChI=1S/C14H14Cl2N4O2/c1-20(14-18-12(15)17-13(16)19-14)6-2-3-9-4-5-10-11(7-9)22-8-21-10/h4-5,7H,2-3,6,8H2,1H3. The molecule has 0 unspecified atom stereocenters. The van der Waals surface area contributed by atoms with Gasteiger partial charge in [-0.1, -0.05) is 6.07 Å². The van der Waals surface area contributed by atoms with Crippen LogP contribution in [-0.2, 0) is 6.42 Å². The molecule has 2 aromatic rings. The van der Waals surface area contributed by atoms with Gasteiger partial charge in [0.1, 0.15) is 0 Å². The van der Waals surface area contributed by atoms with Crippen molar-refractivity contribution in [3.63, 3.8) is 0 Å². The highest BCUT2D eigenvalue weighted by Crippen LogP contribution is 2.32. The molecule has 1 aliphatic heterocycles. The molecule has 1 aliphatic rings. The van der Waals surface area contributed by atoms with Crippen LogP contribution in [0.3, 0.4) is 0 Å². The Balaban J connectivity index is 1.56. The van der Waals surface area contributed by atoms with Gasteiger partial charge < -0.3 is 14.4 Å². The average molecular weight is 341 g/mol. The number of anilines is 1. The molecular weight excluding hydrogens is 327 g/mol. The van der Waals surface area contributed by atoms with Gasteiger partial charge in [0.25, 0.3) is 0 Å². The lowest BCUT2D eigenvalue weighted by molar-refractivity contribution is 0.174. The predicted molar refractivity (Wildman–Crippen MR) is 84.0 cm³/mol. The fourth-order valence-corrected chi connectivity index (χ4v) is 2.56. The summed E-state index contributed by atoms with van der Waals surface area (Å²) in [5.41, 5.74) is 1.20. The SMILES string of the molecule is CN(CCCc1ccc2c(c1)OCO2)c1nc(Cl)nc(Cl)n1. The monoisotopic (exact) mass is 340 g/mol. The van der Waals surface area contributed by atoms with Gasteiger partial charge in [0.05, 0.1) is 0 Å². The minimum absolute atomic E-state index is 0.0950. The zero-order chi connectivity index (χ0) is 15.5. The van der Waals surface area contributed by atoms with Crippen LogP contribution >= 0.6 is 23.2 Å². The van der Waals surface area contributed by atoms with Crippen LogP contribution in [-0.4, -0.2) is 35.3 Å². The van der Waals surface area contributed by atoms with Crippen molar-refractivity contribution in [1.82, 2.24) is 15.0 Å². The van der Waals surface area contributed by atoms with Crippen LogP contribution in [0.25, 0.3) is 0 Å². The number of fused-ring (bicyclic) bond motifs is 1. The quantitative estimate of drug-likeness (QED) is 0.833. The average Bonchev–Trinajstić information content (AvgIpc) is 2.93. The smallest absolute Gasteiger partial charge is 0.231 e. The molecule has 6 nitrogen and oxygen atoms in total. The van der Waals surface area contributed by atoms with Crippen molar-refractivity contribution in [2.24, 2.45) is 0 Å². The van der Waals surface area contributed by atoms with Gasteiger partial charge in [-0.3, -0.25) is 0 Å². The molecule has 0 spiro atoms.